The van der Waals surface area contributed by atoms with Gasteiger partial charge in [0, 0.05) is 37.4 Å². The summed E-state index contributed by atoms with van der Waals surface area (Å²) in [6, 6.07) is 0.254. The number of hydrogen-bond donors (Lipinski definition) is 2. The highest BCUT2D eigenvalue weighted by Crippen LogP contribution is 2.81. The molecule has 1 unspecified atom stereocenters. The van der Waals surface area contributed by atoms with Gasteiger partial charge in [-0.1, -0.05) is 0 Å². The second-order valence-electron chi connectivity index (χ2n) is 5.92. The van der Waals surface area contributed by atoms with Crippen LogP contribution in [0.15, 0.2) is 0 Å². The zero-order valence-corrected chi connectivity index (χ0v) is 8.61. The van der Waals surface area contributed by atoms with Gasteiger partial charge >= 0.3 is 0 Å². The molecule has 1 saturated heterocycles. The van der Waals surface area contributed by atoms with Crippen LogP contribution in [0.1, 0.15) is 25.7 Å². The van der Waals surface area contributed by atoms with Crippen molar-refractivity contribution in [1.29, 1.82) is 0 Å². The van der Waals surface area contributed by atoms with E-state index in [1.165, 1.54) is 12.8 Å². The van der Waals surface area contributed by atoms with Gasteiger partial charge in [-0.05, 0) is 12.8 Å². The smallest absolute Gasteiger partial charge is 0.229 e. The van der Waals surface area contributed by atoms with Crippen LogP contribution in [0.25, 0.3) is 0 Å². The van der Waals surface area contributed by atoms with Crippen molar-refractivity contribution in [2.75, 3.05) is 13.1 Å². The molecule has 0 bridgehead atoms. The summed E-state index contributed by atoms with van der Waals surface area (Å²) in [5.74, 6) is -0.0232. The van der Waals surface area contributed by atoms with E-state index in [-0.39, 0.29) is 11.9 Å². The molecular formula is C11H15FN2O. The topological polar surface area (TPSA) is 41.1 Å². The lowest BCUT2D eigenvalue weighted by Crippen LogP contribution is -2.43. The fourth-order valence-electron chi connectivity index (χ4n) is 3.17. The average molecular weight is 210 g/mol. The number of carbonyl (C=O) groups excluding carboxylic acids is 1. The van der Waals surface area contributed by atoms with Crippen molar-refractivity contribution in [1.82, 2.24) is 10.6 Å². The zero-order chi connectivity index (χ0) is 10.3. The van der Waals surface area contributed by atoms with Gasteiger partial charge in [0.05, 0.1) is 5.41 Å². The van der Waals surface area contributed by atoms with Gasteiger partial charge in [-0.15, -0.1) is 0 Å². The molecule has 1 amide bonds. The monoisotopic (exact) mass is 210 g/mol. The number of fused-ring (bicyclic) bond motifs is 1. The summed E-state index contributed by atoms with van der Waals surface area (Å²) in [7, 11) is 0. The van der Waals surface area contributed by atoms with Crippen molar-refractivity contribution in [3.8, 4) is 0 Å². The SMILES string of the molecule is O=C(NC1CNCC12CC2)C12CC1(F)C2. The molecule has 0 aromatic rings. The van der Waals surface area contributed by atoms with Crippen molar-refractivity contribution in [3.63, 3.8) is 0 Å². The van der Waals surface area contributed by atoms with E-state index in [9.17, 15) is 9.18 Å². The predicted octanol–water partition coefficient (Wildman–Crippen LogP) is 0.357. The minimum atomic E-state index is -1.10. The van der Waals surface area contributed by atoms with Gasteiger partial charge in [0.1, 0.15) is 5.67 Å². The first kappa shape index (κ1) is 8.50. The maximum absolute atomic E-state index is 13.4. The zero-order valence-electron chi connectivity index (χ0n) is 8.61. The molecule has 4 heteroatoms. The first-order valence-corrected chi connectivity index (χ1v) is 5.81. The van der Waals surface area contributed by atoms with Gasteiger partial charge in [0.15, 0.2) is 0 Å². The molecule has 4 rings (SSSR count). The number of rotatable bonds is 2. The molecule has 4 fully saturated rings. The first-order chi connectivity index (χ1) is 7.10. The van der Waals surface area contributed by atoms with E-state index < -0.39 is 11.1 Å². The maximum atomic E-state index is 13.4. The molecule has 0 aromatic carbocycles. The fourth-order valence-corrected chi connectivity index (χ4v) is 3.17. The number of hydrogen-bond acceptors (Lipinski definition) is 2. The highest BCUT2D eigenvalue weighted by molar-refractivity contribution is 5.93. The Balaban J connectivity index is 1.46. The number of halogens is 1. The molecule has 2 N–H and O–H groups in total. The Labute approximate surface area is 87.8 Å². The van der Waals surface area contributed by atoms with Crippen LogP contribution >= 0.6 is 0 Å². The summed E-state index contributed by atoms with van der Waals surface area (Å²) in [4.78, 5) is 11.9. The lowest BCUT2D eigenvalue weighted by atomic mass is 10.00. The van der Waals surface area contributed by atoms with Crippen LogP contribution in [0.4, 0.5) is 4.39 Å². The van der Waals surface area contributed by atoms with E-state index in [0.717, 1.165) is 13.1 Å². The quantitative estimate of drug-likeness (QED) is 0.691. The molecule has 3 saturated carbocycles. The Morgan fingerprint density at radius 1 is 1.40 bits per heavy atom. The van der Waals surface area contributed by atoms with E-state index in [4.69, 9.17) is 0 Å². The standard InChI is InChI=1S/C11H15FN2O/c12-11-4-10(11,5-11)8(15)14-7-3-13-6-9(7)1-2-9/h7,13H,1-6H2,(H,14,15). The van der Waals surface area contributed by atoms with E-state index in [1.54, 1.807) is 0 Å². The molecule has 4 aliphatic rings. The molecule has 0 radical (unpaired) electrons. The van der Waals surface area contributed by atoms with E-state index in [0.29, 0.717) is 18.3 Å². The molecule has 1 atom stereocenters. The van der Waals surface area contributed by atoms with Crippen molar-refractivity contribution in [2.45, 2.75) is 37.4 Å². The lowest BCUT2D eigenvalue weighted by Gasteiger charge is -2.19. The first-order valence-electron chi connectivity index (χ1n) is 5.81. The summed E-state index contributed by atoms with van der Waals surface area (Å²) in [5, 5.41) is 6.38. The van der Waals surface area contributed by atoms with Crippen LogP contribution in [0.3, 0.4) is 0 Å². The molecule has 3 nitrogen and oxygen atoms in total. The Morgan fingerprint density at radius 3 is 2.60 bits per heavy atom. The summed E-state index contributed by atoms with van der Waals surface area (Å²) < 4.78 is 13.4. The molecule has 1 spiro atoms. The Hall–Kier alpha value is -0.640. The molecule has 1 heterocycles. The summed E-state index contributed by atoms with van der Waals surface area (Å²) in [5.41, 5.74) is -1.35. The van der Waals surface area contributed by atoms with Gasteiger partial charge in [-0.2, -0.15) is 0 Å². The van der Waals surface area contributed by atoms with Crippen molar-refractivity contribution in [2.24, 2.45) is 10.8 Å². The number of amides is 1. The number of carbonyl (C=O) groups is 1. The molecule has 15 heavy (non-hydrogen) atoms. The van der Waals surface area contributed by atoms with Crippen molar-refractivity contribution < 1.29 is 9.18 Å². The third-order valence-electron chi connectivity index (χ3n) is 4.97. The minimum Gasteiger partial charge on any atom is -0.351 e. The second kappa shape index (κ2) is 2.08. The van der Waals surface area contributed by atoms with Crippen molar-refractivity contribution in [3.05, 3.63) is 0 Å². The second-order valence-corrected chi connectivity index (χ2v) is 5.92. The Morgan fingerprint density at radius 2 is 2.07 bits per heavy atom. The maximum Gasteiger partial charge on any atom is 0.229 e. The fraction of sp³-hybridized carbons (Fsp3) is 0.909. The van der Waals surface area contributed by atoms with Crippen LogP contribution in [-0.4, -0.2) is 30.7 Å². The van der Waals surface area contributed by atoms with Gasteiger partial charge in [-0.3, -0.25) is 4.79 Å². The van der Waals surface area contributed by atoms with Crippen LogP contribution in [0.5, 0.6) is 0 Å². The third kappa shape index (κ3) is 0.876. The normalized spacial score (nSPS) is 52.5. The lowest BCUT2D eigenvalue weighted by molar-refractivity contribution is -0.125. The van der Waals surface area contributed by atoms with Gasteiger partial charge in [-0.25, -0.2) is 4.39 Å². The highest BCUT2D eigenvalue weighted by atomic mass is 19.1. The molecule has 1 aliphatic heterocycles. The van der Waals surface area contributed by atoms with Crippen LogP contribution in [0, 0.1) is 10.8 Å². The number of nitrogens with one attached hydrogen (secondary N) is 2. The molecule has 82 valence electrons. The van der Waals surface area contributed by atoms with Gasteiger partial charge in [0.2, 0.25) is 5.91 Å². The largest absolute Gasteiger partial charge is 0.351 e. The summed E-state index contributed by atoms with van der Waals surface area (Å²) in [6.45, 7) is 1.88. The number of alkyl halides is 1. The van der Waals surface area contributed by atoms with Crippen LogP contribution < -0.4 is 10.6 Å². The summed E-state index contributed by atoms with van der Waals surface area (Å²) in [6.07, 6.45) is 3.36. The van der Waals surface area contributed by atoms with E-state index >= 15 is 0 Å². The molecule has 0 aromatic heterocycles. The minimum absolute atomic E-state index is 0.0232. The Kier molecular flexibility index (Phi) is 1.18. The van der Waals surface area contributed by atoms with Gasteiger partial charge in [0.25, 0.3) is 0 Å². The van der Waals surface area contributed by atoms with E-state index in [1.807, 2.05) is 0 Å². The van der Waals surface area contributed by atoms with Gasteiger partial charge < -0.3 is 10.6 Å². The van der Waals surface area contributed by atoms with E-state index in [2.05, 4.69) is 10.6 Å². The summed E-state index contributed by atoms with van der Waals surface area (Å²) >= 11 is 0. The van der Waals surface area contributed by atoms with Crippen LogP contribution in [0.2, 0.25) is 0 Å². The van der Waals surface area contributed by atoms with Crippen molar-refractivity contribution >= 4 is 5.91 Å². The highest BCUT2D eigenvalue weighted by Gasteiger charge is 2.89. The third-order valence-corrected chi connectivity index (χ3v) is 4.97. The van der Waals surface area contributed by atoms with Crippen LogP contribution in [-0.2, 0) is 4.79 Å². The molecular weight excluding hydrogens is 195 g/mol. The molecule has 3 aliphatic carbocycles. The predicted molar refractivity (Wildman–Crippen MR) is 52.0 cm³/mol. The Bertz CT molecular complexity index is 358. The average Bonchev–Trinajstić information content (AvgIpc) is 3.01.